The van der Waals surface area contributed by atoms with Gasteiger partial charge < -0.3 is 10.3 Å². The van der Waals surface area contributed by atoms with Gasteiger partial charge in [0.15, 0.2) is 0 Å². The summed E-state index contributed by atoms with van der Waals surface area (Å²) >= 11 is 5.94. The summed E-state index contributed by atoms with van der Waals surface area (Å²) in [6, 6.07) is 0. The van der Waals surface area contributed by atoms with Gasteiger partial charge in [0.05, 0.1) is 17.0 Å². The zero-order valence-corrected chi connectivity index (χ0v) is 12.0. The van der Waals surface area contributed by atoms with Gasteiger partial charge in [-0.05, 0) is 48.4 Å². The average molecular weight is 301 g/mol. The lowest BCUT2D eigenvalue weighted by molar-refractivity contribution is 0.0917. The predicted octanol–water partition coefficient (Wildman–Crippen LogP) is 2.04. The number of aryl methyl sites for hydroxylation is 1. The van der Waals surface area contributed by atoms with Gasteiger partial charge in [0.2, 0.25) is 5.28 Å². The Kier molecular flexibility index (Phi) is 2.04. The average Bonchev–Trinajstić information content (AvgIpc) is 3.07. The van der Waals surface area contributed by atoms with Crippen LogP contribution in [0.25, 0.3) is 11.4 Å². The van der Waals surface area contributed by atoms with Crippen molar-refractivity contribution >= 4 is 17.5 Å². The fourth-order valence-electron chi connectivity index (χ4n) is 3.64. The number of aromatic amines is 1. The van der Waals surface area contributed by atoms with E-state index < -0.39 is 0 Å². The summed E-state index contributed by atoms with van der Waals surface area (Å²) in [6.07, 6.45) is 6.53. The monoisotopic (exact) mass is 300 g/mol. The predicted molar refractivity (Wildman–Crippen MR) is 77.4 cm³/mol. The third-order valence-corrected chi connectivity index (χ3v) is 5.05. The van der Waals surface area contributed by atoms with Crippen LogP contribution in [0.4, 0.5) is 0 Å². The van der Waals surface area contributed by atoms with Crippen molar-refractivity contribution in [1.82, 2.24) is 20.3 Å². The molecule has 0 aromatic carbocycles. The quantitative estimate of drug-likeness (QED) is 0.732. The molecular weight excluding hydrogens is 288 g/mol. The van der Waals surface area contributed by atoms with Crippen molar-refractivity contribution in [2.24, 2.45) is 0 Å². The molecule has 0 atom stereocenters. The lowest BCUT2D eigenvalue weighted by Gasteiger charge is -2.23. The van der Waals surface area contributed by atoms with Crippen LogP contribution in [0, 0.1) is 0 Å². The zero-order chi connectivity index (χ0) is 14.2. The molecule has 106 valence electrons. The standard InChI is InChI=1S/C15H13ClN4O/c16-14-17-6-7-1-2-8-10-9(18-12(8)11(7)19-14)5-15(3-4-15)20-13(10)21/h6,18H,1-5H2,(H,20,21). The van der Waals surface area contributed by atoms with Crippen LogP contribution >= 0.6 is 11.6 Å². The van der Waals surface area contributed by atoms with Gasteiger partial charge in [0, 0.05) is 23.9 Å². The Hall–Kier alpha value is -1.88. The minimum atomic E-state index is 0.0175. The van der Waals surface area contributed by atoms with Gasteiger partial charge in [0.1, 0.15) is 0 Å². The van der Waals surface area contributed by atoms with Crippen LogP contribution < -0.4 is 5.32 Å². The number of hydrogen-bond acceptors (Lipinski definition) is 3. The largest absolute Gasteiger partial charge is 0.356 e. The lowest BCUT2D eigenvalue weighted by Crippen LogP contribution is -2.43. The number of H-pyrrole nitrogens is 1. The van der Waals surface area contributed by atoms with E-state index in [1.54, 1.807) is 6.20 Å². The normalized spacial score (nSPS) is 20.5. The van der Waals surface area contributed by atoms with E-state index in [9.17, 15) is 4.79 Å². The van der Waals surface area contributed by atoms with Crippen molar-refractivity contribution < 1.29 is 4.79 Å². The van der Waals surface area contributed by atoms with Crippen LogP contribution in [-0.2, 0) is 19.3 Å². The molecule has 3 aliphatic rings. The highest BCUT2D eigenvalue weighted by atomic mass is 35.5. The highest BCUT2D eigenvalue weighted by Gasteiger charge is 2.49. The number of rotatable bonds is 0. The zero-order valence-electron chi connectivity index (χ0n) is 11.3. The molecule has 0 saturated heterocycles. The van der Waals surface area contributed by atoms with Crippen LogP contribution in [0.5, 0.6) is 0 Å². The molecule has 1 aliphatic heterocycles. The van der Waals surface area contributed by atoms with Crippen molar-refractivity contribution in [3.05, 3.63) is 33.9 Å². The van der Waals surface area contributed by atoms with E-state index in [-0.39, 0.29) is 16.7 Å². The molecule has 0 radical (unpaired) electrons. The highest BCUT2D eigenvalue weighted by molar-refractivity contribution is 6.28. The van der Waals surface area contributed by atoms with Gasteiger partial charge in [-0.25, -0.2) is 9.97 Å². The molecule has 0 unspecified atom stereocenters. The van der Waals surface area contributed by atoms with E-state index in [1.807, 2.05) is 0 Å². The van der Waals surface area contributed by atoms with Gasteiger partial charge in [-0.1, -0.05) is 0 Å². The van der Waals surface area contributed by atoms with Crippen molar-refractivity contribution in [2.75, 3.05) is 0 Å². The summed E-state index contributed by atoms with van der Waals surface area (Å²) in [5.41, 5.74) is 5.89. The van der Waals surface area contributed by atoms with E-state index in [0.717, 1.165) is 65.9 Å². The second kappa shape index (κ2) is 3.65. The molecule has 5 rings (SSSR count). The SMILES string of the molecule is O=C1NC2(CC2)Cc2[nH]c3c(c21)CCc1cnc(Cl)nc1-3. The van der Waals surface area contributed by atoms with Crippen LogP contribution in [0.3, 0.4) is 0 Å². The summed E-state index contributed by atoms with van der Waals surface area (Å²) < 4.78 is 0. The molecule has 2 aromatic rings. The second-order valence-electron chi connectivity index (χ2n) is 6.26. The number of carbonyl (C=O) groups is 1. The Morgan fingerprint density at radius 1 is 1.29 bits per heavy atom. The number of amides is 1. The maximum atomic E-state index is 12.5. The van der Waals surface area contributed by atoms with Gasteiger partial charge in [-0.3, -0.25) is 4.79 Å². The van der Waals surface area contributed by atoms with E-state index in [0.29, 0.717) is 0 Å². The van der Waals surface area contributed by atoms with Crippen LogP contribution in [0.1, 0.15) is 40.0 Å². The molecule has 5 nitrogen and oxygen atoms in total. The highest BCUT2D eigenvalue weighted by Crippen LogP contribution is 2.45. The molecule has 2 aromatic heterocycles. The van der Waals surface area contributed by atoms with Crippen molar-refractivity contribution in [1.29, 1.82) is 0 Å². The maximum Gasteiger partial charge on any atom is 0.253 e. The van der Waals surface area contributed by atoms with E-state index in [1.165, 1.54) is 0 Å². The molecule has 1 saturated carbocycles. The third kappa shape index (κ3) is 1.55. The number of nitrogens with one attached hydrogen (secondary N) is 2. The number of fused-ring (bicyclic) bond motifs is 5. The molecule has 2 N–H and O–H groups in total. The van der Waals surface area contributed by atoms with Crippen molar-refractivity contribution in [3.63, 3.8) is 0 Å². The third-order valence-electron chi connectivity index (χ3n) is 4.87. The molecule has 21 heavy (non-hydrogen) atoms. The summed E-state index contributed by atoms with van der Waals surface area (Å²) in [7, 11) is 0. The molecule has 1 spiro atoms. The second-order valence-corrected chi connectivity index (χ2v) is 6.59. The van der Waals surface area contributed by atoms with Gasteiger partial charge in [-0.2, -0.15) is 0 Å². The molecule has 1 fully saturated rings. The smallest absolute Gasteiger partial charge is 0.253 e. The molecule has 6 heteroatoms. The first-order chi connectivity index (χ1) is 10.2. The van der Waals surface area contributed by atoms with Crippen LogP contribution in [0.2, 0.25) is 5.28 Å². The molecule has 1 amide bonds. The Morgan fingerprint density at radius 3 is 2.95 bits per heavy atom. The minimum absolute atomic E-state index is 0.0175. The Morgan fingerprint density at radius 2 is 2.14 bits per heavy atom. The summed E-state index contributed by atoms with van der Waals surface area (Å²) in [4.78, 5) is 24.3. The number of halogens is 1. The number of carbonyl (C=O) groups excluding carboxylic acids is 1. The first kappa shape index (κ1) is 11.7. The van der Waals surface area contributed by atoms with Crippen molar-refractivity contribution in [2.45, 2.75) is 37.6 Å². The number of aromatic nitrogens is 3. The molecule has 3 heterocycles. The number of hydrogen-bond donors (Lipinski definition) is 2. The van der Waals surface area contributed by atoms with Gasteiger partial charge in [-0.15, -0.1) is 0 Å². The van der Waals surface area contributed by atoms with Crippen molar-refractivity contribution in [3.8, 4) is 11.4 Å². The Bertz CT molecular complexity index is 806. The van der Waals surface area contributed by atoms with Crippen LogP contribution in [0.15, 0.2) is 6.20 Å². The van der Waals surface area contributed by atoms with E-state index in [2.05, 4.69) is 20.3 Å². The fourth-order valence-corrected chi connectivity index (χ4v) is 3.77. The minimum Gasteiger partial charge on any atom is -0.356 e. The van der Waals surface area contributed by atoms with E-state index in [4.69, 9.17) is 11.6 Å². The molecule has 0 bridgehead atoms. The first-order valence-electron chi connectivity index (χ1n) is 7.23. The van der Waals surface area contributed by atoms with Gasteiger partial charge in [0.25, 0.3) is 5.91 Å². The Labute approximate surface area is 126 Å². The van der Waals surface area contributed by atoms with E-state index >= 15 is 0 Å². The van der Waals surface area contributed by atoms with Crippen LogP contribution in [-0.4, -0.2) is 26.4 Å². The summed E-state index contributed by atoms with van der Waals surface area (Å²) in [6.45, 7) is 0. The number of nitrogens with zero attached hydrogens (tertiary/aromatic N) is 2. The maximum absolute atomic E-state index is 12.5. The Balaban J connectivity index is 1.73. The van der Waals surface area contributed by atoms with Gasteiger partial charge >= 0.3 is 0 Å². The fraction of sp³-hybridized carbons (Fsp3) is 0.400. The summed E-state index contributed by atoms with van der Waals surface area (Å²) in [5, 5.41) is 3.42. The molecular formula is C15H13ClN4O. The topological polar surface area (TPSA) is 70.7 Å². The lowest BCUT2D eigenvalue weighted by atomic mass is 9.90. The summed E-state index contributed by atoms with van der Waals surface area (Å²) in [5.74, 6) is 0.0647. The molecule has 2 aliphatic carbocycles. The first-order valence-corrected chi connectivity index (χ1v) is 7.61.